The van der Waals surface area contributed by atoms with Crippen molar-refractivity contribution in [1.82, 2.24) is 5.43 Å². The Morgan fingerprint density at radius 1 is 1.19 bits per heavy atom. The highest BCUT2D eigenvalue weighted by atomic mass is 16.3. The van der Waals surface area contributed by atoms with Gasteiger partial charge < -0.3 is 10.2 Å². The normalized spacial score (nSPS) is 10.1. The molecule has 0 aliphatic rings. The molecule has 0 unspecified atom stereocenters. The highest BCUT2D eigenvalue weighted by molar-refractivity contribution is 5.97. The lowest BCUT2D eigenvalue weighted by Gasteiger charge is -2.02. The third-order valence-electron chi connectivity index (χ3n) is 2.22. The molecule has 0 aliphatic carbocycles. The molecule has 1 aromatic heterocycles. The number of nitrogen functional groups attached to an aromatic ring is 2. The van der Waals surface area contributed by atoms with E-state index in [0.717, 1.165) is 5.56 Å². The lowest BCUT2D eigenvalue weighted by atomic mass is 10.1. The van der Waals surface area contributed by atoms with E-state index in [0.29, 0.717) is 11.3 Å². The van der Waals surface area contributed by atoms with Crippen molar-refractivity contribution in [1.29, 1.82) is 0 Å². The number of furan rings is 1. The molecule has 0 saturated heterocycles. The summed E-state index contributed by atoms with van der Waals surface area (Å²) in [4.78, 5) is 11.4. The van der Waals surface area contributed by atoms with Crippen LogP contribution in [0.15, 0.2) is 41.0 Å². The number of carbonyl (C=O) groups is 1. The molecule has 2 aromatic rings. The first-order valence-corrected chi connectivity index (χ1v) is 4.66. The molecule has 2 rings (SSSR count). The maximum Gasteiger partial charge on any atom is 0.301 e. The quantitative estimate of drug-likeness (QED) is 0.304. The van der Waals surface area contributed by atoms with E-state index in [1.165, 1.54) is 6.26 Å². The van der Waals surface area contributed by atoms with Crippen LogP contribution in [-0.4, -0.2) is 5.91 Å². The minimum atomic E-state index is -0.461. The van der Waals surface area contributed by atoms with Gasteiger partial charge in [0, 0.05) is 11.3 Å². The summed E-state index contributed by atoms with van der Waals surface area (Å²) in [5, 5.41) is 0. The van der Waals surface area contributed by atoms with E-state index < -0.39 is 5.91 Å². The van der Waals surface area contributed by atoms with Gasteiger partial charge in [-0.3, -0.25) is 10.2 Å². The summed E-state index contributed by atoms with van der Waals surface area (Å²) in [5.41, 5.74) is 9.81. The fraction of sp³-hybridized carbons (Fsp3) is 0. The Labute approximate surface area is 92.0 Å². The molecular weight excluding hydrogens is 206 g/mol. The van der Waals surface area contributed by atoms with Gasteiger partial charge in [-0.25, -0.2) is 5.84 Å². The van der Waals surface area contributed by atoms with Crippen molar-refractivity contribution >= 4 is 11.6 Å². The number of hydrazine groups is 1. The standard InChI is InChI=1S/C11H11N3O2/c12-8-3-1-7(2-4-8)9-5-6-16-10(9)11(15)14-13/h1-6H,12-13H2,(H,14,15). The van der Waals surface area contributed by atoms with Crippen molar-refractivity contribution < 1.29 is 9.21 Å². The van der Waals surface area contributed by atoms with E-state index in [-0.39, 0.29) is 5.76 Å². The Hall–Kier alpha value is -2.27. The number of nitrogens with one attached hydrogen (secondary N) is 1. The molecule has 0 spiro atoms. The Balaban J connectivity index is 2.44. The van der Waals surface area contributed by atoms with Gasteiger partial charge in [0.1, 0.15) is 0 Å². The van der Waals surface area contributed by atoms with Gasteiger partial charge in [0.2, 0.25) is 0 Å². The molecule has 5 nitrogen and oxygen atoms in total. The van der Waals surface area contributed by atoms with Crippen molar-refractivity contribution in [2.24, 2.45) is 5.84 Å². The highest BCUT2D eigenvalue weighted by Gasteiger charge is 2.15. The minimum absolute atomic E-state index is 0.187. The largest absolute Gasteiger partial charge is 0.458 e. The number of carbonyl (C=O) groups excluding carboxylic acids is 1. The number of anilines is 1. The SMILES string of the molecule is NNC(=O)c1occc1-c1ccc(N)cc1. The Kier molecular flexibility index (Phi) is 2.61. The van der Waals surface area contributed by atoms with E-state index >= 15 is 0 Å². The van der Waals surface area contributed by atoms with Crippen LogP contribution in [0.5, 0.6) is 0 Å². The molecule has 0 saturated carbocycles. The third-order valence-corrected chi connectivity index (χ3v) is 2.22. The number of nitrogens with two attached hydrogens (primary N) is 2. The molecule has 0 fully saturated rings. The molecule has 0 aliphatic heterocycles. The molecule has 0 radical (unpaired) electrons. The second kappa shape index (κ2) is 4.08. The van der Waals surface area contributed by atoms with Gasteiger partial charge in [-0.2, -0.15) is 0 Å². The van der Waals surface area contributed by atoms with Gasteiger partial charge in [-0.1, -0.05) is 12.1 Å². The summed E-state index contributed by atoms with van der Waals surface area (Å²) in [6.07, 6.45) is 1.44. The first kappa shape index (κ1) is 10.3. The molecule has 5 N–H and O–H groups in total. The third kappa shape index (κ3) is 1.76. The molecule has 0 atom stereocenters. The number of rotatable bonds is 2. The molecule has 82 valence electrons. The second-order valence-electron chi connectivity index (χ2n) is 3.26. The summed E-state index contributed by atoms with van der Waals surface area (Å²) < 4.78 is 5.08. The number of amides is 1. The minimum Gasteiger partial charge on any atom is -0.458 e. The van der Waals surface area contributed by atoms with Gasteiger partial charge in [0.25, 0.3) is 0 Å². The predicted octanol–water partition coefficient (Wildman–Crippen LogP) is 1.13. The van der Waals surface area contributed by atoms with Crippen LogP contribution in [0.3, 0.4) is 0 Å². The van der Waals surface area contributed by atoms with Crippen LogP contribution in [-0.2, 0) is 0 Å². The maximum absolute atomic E-state index is 11.4. The van der Waals surface area contributed by atoms with Crippen molar-refractivity contribution in [2.75, 3.05) is 5.73 Å². The van der Waals surface area contributed by atoms with Gasteiger partial charge in [-0.15, -0.1) is 0 Å². The highest BCUT2D eigenvalue weighted by Crippen LogP contribution is 2.25. The van der Waals surface area contributed by atoms with Gasteiger partial charge in [0.05, 0.1) is 6.26 Å². The van der Waals surface area contributed by atoms with E-state index in [9.17, 15) is 4.79 Å². The molecule has 5 heteroatoms. The zero-order chi connectivity index (χ0) is 11.5. The van der Waals surface area contributed by atoms with Crippen LogP contribution in [0.2, 0.25) is 0 Å². The van der Waals surface area contributed by atoms with Crippen LogP contribution in [0.25, 0.3) is 11.1 Å². The summed E-state index contributed by atoms with van der Waals surface area (Å²) in [6.45, 7) is 0. The van der Waals surface area contributed by atoms with E-state index in [1.807, 2.05) is 17.6 Å². The average Bonchev–Trinajstić information content (AvgIpc) is 2.78. The molecule has 1 aromatic carbocycles. The van der Waals surface area contributed by atoms with E-state index in [4.69, 9.17) is 16.0 Å². The molecule has 16 heavy (non-hydrogen) atoms. The summed E-state index contributed by atoms with van der Waals surface area (Å²) in [5.74, 6) is 4.78. The Bertz CT molecular complexity index is 502. The number of hydrogen-bond donors (Lipinski definition) is 3. The Morgan fingerprint density at radius 3 is 2.50 bits per heavy atom. The van der Waals surface area contributed by atoms with Crippen LogP contribution >= 0.6 is 0 Å². The molecule has 1 amide bonds. The second-order valence-corrected chi connectivity index (χ2v) is 3.26. The number of benzene rings is 1. The Morgan fingerprint density at radius 2 is 1.88 bits per heavy atom. The smallest absolute Gasteiger partial charge is 0.301 e. The van der Waals surface area contributed by atoms with E-state index in [1.54, 1.807) is 18.2 Å². The zero-order valence-electron chi connectivity index (χ0n) is 8.44. The maximum atomic E-state index is 11.4. The monoisotopic (exact) mass is 217 g/mol. The van der Waals surface area contributed by atoms with Crippen molar-refractivity contribution in [2.45, 2.75) is 0 Å². The predicted molar refractivity (Wildman–Crippen MR) is 60.2 cm³/mol. The fourth-order valence-corrected chi connectivity index (χ4v) is 1.44. The van der Waals surface area contributed by atoms with Gasteiger partial charge in [0.15, 0.2) is 5.76 Å². The number of hydrogen-bond acceptors (Lipinski definition) is 4. The molecule has 0 bridgehead atoms. The first-order valence-electron chi connectivity index (χ1n) is 4.66. The fourth-order valence-electron chi connectivity index (χ4n) is 1.44. The summed E-state index contributed by atoms with van der Waals surface area (Å²) in [6, 6.07) is 8.84. The topological polar surface area (TPSA) is 94.3 Å². The molecule has 1 heterocycles. The van der Waals surface area contributed by atoms with Gasteiger partial charge in [-0.05, 0) is 23.8 Å². The van der Waals surface area contributed by atoms with E-state index in [2.05, 4.69) is 0 Å². The zero-order valence-corrected chi connectivity index (χ0v) is 8.44. The van der Waals surface area contributed by atoms with Crippen LogP contribution < -0.4 is 17.0 Å². The first-order chi connectivity index (χ1) is 7.72. The van der Waals surface area contributed by atoms with Crippen LogP contribution in [0, 0.1) is 0 Å². The van der Waals surface area contributed by atoms with Crippen molar-refractivity contribution in [3.63, 3.8) is 0 Å². The van der Waals surface area contributed by atoms with Crippen LogP contribution in [0.1, 0.15) is 10.6 Å². The molecular formula is C11H11N3O2. The average molecular weight is 217 g/mol. The van der Waals surface area contributed by atoms with Gasteiger partial charge >= 0.3 is 5.91 Å². The lowest BCUT2D eigenvalue weighted by molar-refractivity contribution is 0.0927. The summed E-state index contributed by atoms with van der Waals surface area (Å²) >= 11 is 0. The summed E-state index contributed by atoms with van der Waals surface area (Å²) in [7, 11) is 0. The lowest BCUT2D eigenvalue weighted by Crippen LogP contribution is -2.29. The van der Waals surface area contributed by atoms with Crippen molar-refractivity contribution in [3.05, 3.63) is 42.4 Å². The van der Waals surface area contributed by atoms with Crippen LogP contribution in [0.4, 0.5) is 5.69 Å². The van der Waals surface area contributed by atoms with Crippen molar-refractivity contribution in [3.8, 4) is 11.1 Å².